The van der Waals surface area contributed by atoms with E-state index in [0.29, 0.717) is 12.2 Å². The van der Waals surface area contributed by atoms with Crippen molar-refractivity contribution < 1.29 is 4.39 Å². The summed E-state index contributed by atoms with van der Waals surface area (Å²) in [5, 5.41) is 4.84. The highest BCUT2D eigenvalue weighted by atomic mass is 35.5. The topological polar surface area (TPSA) is 27.8 Å². The molecule has 0 saturated carbocycles. The van der Waals surface area contributed by atoms with Crippen molar-refractivity contribution >= 4 is 39.8 Å². The van der Waals surface area contributed by atoms with Crippen molar-refractivity contribution in [3.8, 4) is 0 Å². The SMILES string of the molecule is Fc1cc(Cl)c(NCc2ccc3cc[nH]c3c2)c(Cl)c1. The average Bonchev–Trinajstić information content (AvgIpc) is 2.84. The van der Waals surface area contributed by atoms with Gasteiger partial charge in [0, 0.05) is 18.3 Å². The molecule has 0 fully saturated rings. The van der Waals surface area contributed by atoms with Crippen LogP contribution in [0.2, 0.25) is 10.0 Å². The Kier molecular flexibility index (Phi) is 3.55. The van der Waals surface area contributed by atoms with Gasteiger partial charge in [0.25, 0.3) is 0 Å². The van der Waals surface area contributed by atoms with Crippen LogP contribution in [0.25, 0.3) is 10.9 Å². The van der Waals surface area contributed by atoms with E-state index in [2.05, 4.69) is 10.3 Å². The first-order chi connectivity index (χ1) is 9.63. The van der Waals surface area contributed by atoms with E-state index in [1.165, 1.54) is 12.1 Å². The number of halogens is 3. The van der Waals surface area contributed by atoms with Gasteiger partial charge >= 0.3 is 0 Å². The Labute approximate surface area is 125 Å². The molecule has 1 aromatic heterocycles. The summed E-state index contributed by atoms with van der Waals surface area (Å²) in [5.41, 5.74) is 2.69. The first kappa shape index (κ1) is 13.3. The summed E-state index contributed by atoms with van der Waals surface area (Å²) in [5.74, 6) is -0.446. The van der Waals surface area contributed by atoms with Gasteiger partial charge in [-0.25, -0.2) is 4.39 Å². The van der Waals surface area contributed by atoms with Crippen LogP contribution in [0.3, 0.4) is 0 Å². The summed E-state index contributed by atoms with van der Waals surface area (Å²) in [6.45, 7) is 0.556. The summed E-state index contributed by atoms with van der Waals surface area (Å²) in [6.07, 6.45) is 1.90. The third-order valence-corrected chi connectivity index (χ3v) is 3.69. The van der Waals surface area contributed by atoms with Crippen molar-refractivity contribution in [1.82, 2.24) is 4.98 Å². The highest BCUT2D eigenvalue weighted by Crippen LogP contribution is 2.31. The zero-order valence-electron chi connectivity index (χ0n) is 10.4. The molecule has 3 aromatic rings. The smallest absolute Gasteiger partial charge is 0.126 e. The molecule has 2 aromatic carbocycles. The summed E-state index contributed by atoms with van der Waals surface area (Å²) in [4.78, 5) is 3.16. The van der Waals surface area contributed by atoms with Crippen LogP contribution >= 0.6 is 23.2 Å². The second-order valence-electron chi connectivity index (χ2n) is 4.50. The van der Waals surface area contributed by atoms with Crippen molar-refractivity contribution in [1.29, 1.82) is 0 Å². The number of aromatic amines is 1. The molecule has 20 heavy (non-hydrogen) atoms. The Balaban J connectivity index is 1.82. The molecule has 0 bridgehead atoms. The van der Waals surface area contributed by atoms with Crippen LogP contribution in [0.1, 0.15) is 5.56 Å². The fourth-order valence-corrected chi connectivity index (χ4v) is 2.70. The first-order valence-electron chi connectivity index (χ1n) is 6.08. The number of anilines is 1. The second-order valence-corrected chi connectivity index (χ2v) is 5.31. The van der Waals surface area contributed by atoms with Gasteiger partial charge in [-0.15, -0.1) is 0 Å². The van der Waals surface area contributed by atoms with Gasteiger partial charge in [0.2, 0.25) is 0 Å². The van der Waals surface area contributed by atoms with Crippen LogP contribution in [0.5, 0.6) is 0 Å². The third kappa shape index (κ3) is 2.60. The normalized spacial score (nSPS) is 10.9. The van der Waals surface area contributed by atoms with Gasteiger partial charge in [0.05, 0.1) is 15.7 Å². The van der Waals surface area contributed by atoms with Crippen LogP contribution in [0.4, 0.5) is 10.1 Å². The molecule has 0 saturated heterocycles. The minimum absolute atomic E-state index is 0.274. The average molecular weight is 309 g/mol. The lowest BCUT2D eigenvalue weighted by Crippen LogP contribution is -2.01. The molecule has 5 heteroatoms. The molecular weight excluding hydrogens is 298 g/mol. The number of fused-ring (bicyclic) bond motifs is 1. The Bertz CT molecular complexity index is 744. The summed E-state index contributed by atoms with van der Waals surface area (Å²) < 4.78 is 13.1. The van der Waals surface area contributed by atoms with E-state index in [9.17, 15) is 4.39 Å². The van der Waals surface area contributed by atoms with Crippen molar-refractivity contribution in [2.45, 2.75) is 6.54 Å². The largest absolute Gasteiger partial charge is 0.379 e. The van der Waals surface area contributed by atoms with E-state index in [-0.39, 0.29) is 10.0 Å². The Hall–Kier alpha value is -1.71. The maximum absolute atomic E-state index is 13.1. The van der Waals surface area contributed by atoms with E-state index in [0.717, 1.165) is 16.5 Å². The van der Waals surface area contributed by atoms with Gasteiger partial charge in [-0.3, -0.25) is 0 Å². The number of benzene rings is 2. The quantitative estimate of drug-likeness (QED) is 0.681. The van der Waals surface area contributed by atoms with Crippen molar-refractivity contribution in [2.75, 3.05) is 5.32 Å². The van der Waals surface area contributed by atoms with Crippen LogP contribution in [-0.4, -0.2) is 4.98 Å². The molecule has 102 valence electrons. The molecular formula is C15H11Cl2FN2. The van der Waals surface area contributed by atoms with Crippen LogP contribution in [-0.2, 0) is 6.54 Å². The molecule has 2 N–H and O–H groups in total. The minimum Gasteiger partial charge on any atom is -0.379 e. The van der Waals surface area contributed by atoms with Gasteiger partial charge in [-0.1, -0.05) is 35.3 Å². The molecule has 0 atom stereocenters. The zero-order valence-corrected chi connectivity index (χ0v) is 11.9. The summed E-state index contributed by atoms with van der Waals surface area (Å²) >= 11 is 12.0. The fraction of sp³-hybridized carbons (Fsp3) is 0.0667. The highest BCUT2D eigenvalue weighted by Gasteiger charge is 2.08. The van der Waals surface area contributed by atoms with Crippen molar-refractivity contribution in [3.05, 3.63) is 64.0 Å². The lowest BCUT2D eigenvalue weighted by atomic mass is 10.1. The van der Waals surface area contributed by atoms with Gasteiger partial charge in [-0.2, -0.15) is 0 Å². The lowest BCUT2D eigenvalue weighted by Gasteiger charge is -2.11. The molecule has 0 spiro atoms. The molecule has 0 amide bonds. The number of hydrogen-bond donors (Lipinski definition) is 2. The predicted molar refractivity (Wildman–Crippen MR) is 82.0 cm³/mol. The van der Waals surface area contributed by atoms with E-state index >= 15 is 0 Å². The molecule has 0 aliphatic rings. The third-order valence-electron chi connectivity index (χ3n) is 3.10. The molecule has 0 unspecified atom stereocenters. The van der Waals surface area contributed by atoms with Crippen LogP contribution in [0.15, 0.2) is 42.6 Å². The fourth-order valence-electron chi connectivity index (χ4n) is 2.11. The molecule has 1 heterocycles. The van der Waals surface area contributed by atoms with Gasteiger partial charge in [-0.05, 0) is 35.2 Å². The monoisotopic (exact) mass is 308 g/mol. The summed E-state index contributed by atoms with van der Waals surface area (Å²) in [6, 6.07) is 10.6. The Morgan fingerprint density at radius 2 is 1.80 bits per heavy atom. The molecule has 0 radical (unpaired) electrons. The Morgan fingerprint density at radius 1 is 1.05 bits per heavy atom. The number of hydrogen-bond acceptors (Lipinski definition) is 1. The maximum Gasteiger partial charge on any atom is 0.126 e. The first-order valence-corrected chi connectivity index (χ1v) is 6.83. The van der Waals surface area contributed by atoms with Crippen molar-refractivity contribution in [2.24, 2.45) is 0 Å². The van der Waals surface area contributed by atoms with E-state index in [4.69, 9.17) is 23.2 Å². The number of H-pyrrole nitrogens is 1. The highest BCUT2D eigenvalue weighted by molar-refractivity contribution is 6.39. The van der Waals surface area contributed by atoms with Crippen molar-refractivity contribution in [3.63, 3.8) is 0 Å². The molecule has 2 nitrogen and oxygen atoms in total. The van der Waals surface area contributed by atoms with Crippen LogP contribution < -0.4 is 5.32 Å². The maximum atomic E-state index is 13.1. The van der Waals surface area contributed by atoms with Crippen LogP contribution in [0, 0.1) is 5.82 Å². The number of rotatable bonds is 3. The van der Waals surface area contributed by atoms with Gasteiger partial charge in [0.15, 0.2) is 0 Å². The number of aromatic nitrogens is 1. The van der Waals surface area contributed by atoms with Gasteiger partial charge in [0.1, 0.15) is 5.82 Å². The van der Waals surface area contributed by atoms with E-state index in [1.807, 2.05) is 30.5 Å². The second kappa shape index (κ2) is 5.35. The van der Waals surface area contributed by atoms with E-state index in [1.54, 1.807) is 0 Å². The predicted octanol–water partition coefficient (Wildman–Crippen LogP) is 5.23. The number of nitrogens with one attached hydrogen (secondary N) is 2. The summed E-state index contributed by atoms with van der Waals surface area (Å²) in [7, 11) is 0. The molecule has 0 aliphatic carbocycles. The lowest BCUT2D eigenvalue weighted by molar-refractivity contribution is 0.628. The molecule has 0 aliphatic heterocycles. The van der Waals surface area contributed by atoms with E-state index < -0.39 is 5.82 Å². The van der Waals surface area contributed by atoms with Gasteiger partial charge < -0.3 is 10.3 Å². The minimum atomic E-state index is -0.446. The Morgan fingerprint density at radius 3 is 2.55 bits per heavy atom. The zero-order chi connectivity index (χ0) is 14.1. The molecule has 3 rings (SSSR count). The standard InChI is InChI=1S/C15H11Cl2FN2/c16-12-6-11(18)7-13(17)15(12)20-8-9-1-2-10-3-4-19-14(10)5-9/h1-7,19-20H,8H2.